The van der Waals surface area contributed by atoms with Gasteiger partial charge in [-0.1, -0.05) is 138 Å². The van der Waals surface area contributed by atoms with Gasteiger partial charge >= 0.3 is 5.97 Å². The van der Waals surface area contributed by atoms with Gasteiger partial charge in [-0.05, 0) is 110 Å². The number of ether oxygens (including phenoxy) is 1. The van der Waals surface area contributed by atoms with E-state index in [-0.39, 0.29) is 5.97 Å². The maximum Gasteiger partial charge on any atom is 0.310 e. The summed E-state index contributed by atoms with van der Waals surface area (Å²) < 4.78 is 6.02. The minimum Gasteiger partial charge on any atom is -0.431 e. The molecule has 0 aliphatic heterocycles. The van der Waals surface area contributed by atoms with Crippen molar-refractivity contribution in [3.63, 3.8) is 0 Å². The van der Waals surface area contributed by atoms with Gasteiger partial charge in [0.25, 0.3) is 0 Å². The molecule has 0 aromatic carbocycles. The van der Waals surface area contributed by atoms with Crippen molar-refractivity contribution in [1.82, 2.24) is 0 Å². The lowest BCUT2D eigenvalue weighted by Gasteiger charge is -2.60. The number of unbranched alkanes of at least 4 members (excludes halogenated alkanes) is 12. The van der Waals surface area contributed by atoms with Crippen molar-refractivity contribution in [3.8, 4) is 0 Å². The highest BCUT2D eigenvalue weighted by Crippen LogP contribution is 2.68. The van der Waals surface area contributed by atoms with Gasteiger partial charge in [0.15, 0.2) is 0 Å². The molecule has 2 nitrogen and oxygen atoms in total. The summed E-state index contributed by atoms with van der Waals surface area (Å²) in [4.78, 5) is 12.8. The standard InChI is InChI=1S/C43H76O2/c1-7-8-9-10-11-12-13-14-15-16-17-18-19-23-41(44)45-36-28-30-42(5)35(32-36)24-25-37-39-27-26-38(34(4)22-20-21-33(2)3)43(39,6)31-29-40(37)42/h32-35,37-40H,7-31H2,1-6H3/t34-,35+,37-,38+,39-,40-,42-,43+/m0/s1. The Labute approximate surface area is 281 Å². The van der Waals surface area contributed by atoms with E-state index in [2.05, 4.69) is 47.6 Å². The van der Waals surface area contributed by atoms with E-state index in [0.29, 0.717) is 23.2 Å². The Kier molecular flexibility index (Phi) is 14.9. The van der Waals surface area contributed by atoms with Crippen molar-refractivity contribution in [2.45, 2.75) is 202 Å². The predicted molar refractivity (Wildman–Crippen MR) is 193 cm³/mol. The summed E-state index contributed by atoms with van der Waals surface area (Å²) in [6.07, 6.45) is 35.4. The number of allylic oxidation sites excluding steroid dienone is 2. The summed E-state index contributed by atoms with van der Waals surface area (Å²) in [5.74, 6) is 7.02. The van der Waals surface area contributed by atoms with Crippen LogP contribution < -0.4 is 0 Å². The van der Waals surface area contributed by atoms with Crippen LogP contribution in [0.4, 0.5) is 0 Å². The third-order valence-corrected chi connectivity index (χ3v) is 14.2. The van der Waals surface area contributed by atoms with E-state index in [1.54, 1.807) is 0 Å². The van der Waals surface area contributed by atoms with Crippen LogP contribution in [0.15, 0.2) is 11.8 Å². The van der Waals surface area contributed by atoms with Crippen molar-refractivity contribution in [2.75, 3.05) is 0 Å². The topological polar surface area (TPSA) is 26.3 Å². The molecule has 0 heterocycles. The van der Waals surface area contributed by atoms with Gasteiger partial charge in [-0.3, -0.25) is 4.79 Å². The van der Waals surface area contributed by atoms with Crippen LogP contribution in [0, 0.1) is 52.3 Å². The van der Waals surface area contributed by atoms with E-state index >= 15 is 0 Å². The first-order valence-corrected chi connectivity index (χ1v) is 20.6. The molecule has 4 aliphatic rings. The number of carbonyl (C=O) groups excluding carboxylic acids is 1. The second kappa shape index (κ2) is 18.1. The second-order valence-electron chi connectivity index (χ2n) is 17.7. The molecule has 4 rings (SSSR count). The van der Waals surface area contributed by atoms with Gasteiger partial charge in [0.2, 0.25) is 0 Å². The number of hydrogen-bond donors (Lipinski definition) is 0. The Morgan fingerprint density at radius 1 is 0.733 bits per heavy atom. The average molecular weight is 625 g/mol. The molecule has 0 bridgehead atoms. The molecule has 3 fully saturated rings. The summed E-state index contributed by atoms with van der Waals surface area (Å²) in [5, 5.41) is 0. The fourth-order valence-corrected chi connectivity index (χ4v) is 11.4. The third kappa shape index (κ3) is 9.87. The smallest absolute Gasteiger partial charge is 0.310 e. The van der Waals surface area contributed by atoms with Gasteiger partial charge in [-0.25, -0.2) is 0 Å². The fraction of sp³-hybridized carbons (Fsp3) is 0.930. The lowest BCUT2D eigenvalue weighted by Crippen LogP contribution is -2.52. The molecule has 0 saturated heterocycles. The summed E-state index contributed by atoms with van der Waals surface area (Å²) in [7, 11) is 0. The molecular weight excluding hydrogens is 548 g/mol. The average Bonchev–Trinajstić information content (AvgIpc) is 3.37. The number of carbonyl (C=O) groups is 1. The minimum atomic E-state index is 0.0227. The SMILES string of the molecule is CCCCCCCCCCCCCCCC(=O)OC1=C[C@H]2CC[C@@H]3[C@H](CC[C@]4(C)[C@@H]([C@@H](C)CCCC(C)C)CC[C@@H]34)[C@@]2(C)CC1. The Hall–Kier alpha value is -0.790. The monoisotopic (exact) mass is 625 g/mol. The third-order valence-electron chi connectivity index (χ3n) is 14.2. The lowest BCUT2D eigenvalue weighted by molar-refractivity contribution is -0.141. The van der Waals surface area contributed by atoms with Gasteiger partial charge in [0.05, 0.1) is 0 Å². The molecule has 0 spiro atoms. The first kappa shape index (κ1) is 37.0. The molecular formula is C43H76O2. The predicted octanol–water partition coefficient (Wildman–Crippen LogP) is 13.6. The first-order valence-electron chi connectivity index (χ1n) is 20.6. The van der Waals surface area contributed by atoms with Gasteiger partial charge in [0.1, 0.15) is 5.76 Å². The molecule has 0 radical (unpaired) electrons. The number of hydrogen-bond acceptors (Lipinski definition) is 2. The largest absolute Gasteiger partial charge is 0.431 e. The molecule has 0 amide bonds. The van der Waals surface area contributed by atoms with E-state index in [0.717, 1.165) is 54.1 Å². The van der Waals surface area contributed by atoms with Crippen LogP contribution in [0.2, 0.25) is 0 Å². The maximum atomic E-state index is 12.8. The van der Waals surface area contributed by atoms with Crippen LogP contribution >= 0.6 is 0 Å². The van der Waals surface area contributed by atoms with Gasteiger partial charge in [-0.2, -0.15) is 0 Å². The van der Waals surface area contributed by atoms with E-state index in [1.165, 1.54) is 141 Å². The number of esters is 1. The normalized spacial score (nSPS) is 33.3. The van der Waals surface area contributed by atoms with E-state index < -0.39 is 0 Å². The highest BCUT2D eigenvalue weighted by molar-refractivity contribution is 5.70. The van der Waals surface area contributed by atoms with Crippen LogP contribution in [-0.4, -0.2) is 5.97 Å². The van der Waals surface area contributed by atoms with E-state index in [4.69, 9.17) is 4.74 Å². The van der Waals surface area contributed by atoms with Crippen molar-refractivity contribution < 1.29 is 9.53 Å². The zero-order valence-electron chi connectivity index (χ0n) is 31.1. The molecule has 0 N–H and O–H groups in total. The van der Waals surface area contributed by atoms with Crippen molar-refractivity contribution in [1.29, 1.82) is 0 Å². The van der Waals surface area contributed by atoms with Gasteiger partial charge < -0.3 is 4.74 Å². The maximum absolute atomic E-state index is 12.8. The van der Waals surface area contributed by atoms with Crippen molar-refractivity contribution in [3.05, 3.63) is 11.8 Å². The van der Waals surface area contributed by atoms with Gasteiger partial charge in [0, 0.05) is 12.8 Å². The Morgan fingerprint density at radius 3 is 2.00 bits per heavy atom. The van der Waals surface area contributed by atoms with Crippen LogP contribution in [0.3, 0.4) is 0 Å². The molecule has 260 valence electrons. The summed E-state index contributed by atoms with van der Waals surface area (Å²) in [6, 6.07) is 0. The first-order chi connectivity index (χ1) is 21.7. The zero-order chi connectivity index (χ0) is 32.3. The Bertz CT molecular complexity index is 904. The highest BCUT2D eigenvalue weighted by atomic mass is 16.5. The molecule has 4 aliphatic carbocycles. The van der Waals surface area contributed by atoms with Crippen molar-refractivity contribution >= 4 is 5.97 Å². The minimum absolute atomic E-state index is 0.0227. The Balaban J connectivity index is 1.15. The van der Waals surface area contributed by atoms with E-state index in [1.807, 2.05) is 0 Å². The summed E-state index contributed by atoms with van der Waals surface area (Å²) in [5.41, 5.74) is 0.969. The second-order valence-corrected chi connectivity index (χ2v) is 17.7. The number of rotatable bonds is 20. The summed E-state index contributed by atoms with van der Waals surface area (Å²) in [6.45, 7) is 15.0. The van der Waals surface area contributed by atoms with Crippen LogP contribution in [0.1, 0.15) is 202 Å². The molecule has 45 heavy (non-hydrogen) atoms. The fourth-order valence-electron chi connectivity index (χ4n) is 11.4. The van der Waals surface area contributed by atoms with Crippen LogP contribution in [0.5, 0.6) is 0 Å². The van der Waals surface area contributed by atoms with Crippen molar-refractivity contribution in [2.24, 2.45) is 52.3 Å². The number of fused-ring (bicyclic) bond motifs is 5. The summed E-state index contributed by atoms with van der Waals surface area (Å²) >= 11 is 0. The van der Waals surface area contributed by atoms with Crippen LogP contribution in [-0.2, 0) is 9.53 Å². The molecule has 0 aromatic rings. The van der Waals surface area contributed by atoms with E-state index in [9.17, 15) is 4.79 Å². The Morgan fingerprint density at radius 2 is 1.36 bits per heavy atom. The zero-order valence-corrected chi connectivity index (χ0v) is 31.1. The molecule has 3 saturated carbocycles. The highest BCUT2D eigenvalue weighted by Gasteiger charge is 2.60. The lowest BCUT2D eigenvalue weighted by atomic mass is 9.45. The molecule has 0 aromatic heterocycles. The molecule has 8 atom stereocenters. The van der Waals surface area contributed by atoms with Crippen LogP contribution in [0.25, 0.3) is 0 Å². The van der Waals surface area contributed by atoms with Gasteiger partial charge in [-0.15, -0.1) is 0 Å². The molecule has 2 heteroatoms. The quantitative estimate of drug-likeness (QED) is 0.0995. The molecule has 0 unspecified atom stereocenters.